The molecule has 2 saturated heterocycles. The van der Waals surface area contributed by atoms with Gasteiger partial charge in [-0.05, 0) is 51.9 Å². The fraction of sp³-hybridized carbons (Fsp3) is 0.647. The Morgan fingerprint density at radius 2 is 1.79 bits per heavy atom. The summed E-state index contributed by atoms with van der Waals surface area (Å²) in [6, 6.07) is 3.54. The summed E-state index contributed by atoms with van der Waals surface area (Å²) in [5, 5.41) is 0. The van der Waals surface area contributed by atoms with Crippen molar-refractivity contribution in [1.82, 2.24) is 4.90 Å². The Morgan fingerprint density at radius 1 is 1.17 bits per heavy atom. The Labute approximate surface area is 141 Å². The molecule has 0 aliphatic carbocycles. The topological polar surface area (TPSA) is 46.6 Å². The molecule has 0 aromatic heterocycles. The maximum atomic E-state index is 13.3. The molecule has 1 spiro atoms. The van der Waals surface area contributed by atoms with Gasteiger partial charge in [-0.2, -0.15) is 0 Å². The number of likely N-dealkylation sites (tertiary alicyclic amines) is 1. The van der Waals surface area contributed by atoms with E-state index in [1.807, 2.05) is 13.8 Å². The maximum Gasteiger partial charge on any atom is 0.162 e. The first-order chi connectivity index (χ1) is 11.1. The van der Waals surface area contributed by atoms with Crippen molar-refractivity contribution in [3.8, 4) is 5.75 Å². The summed E-state index contributed by atoms with van der Waals surface area (Å²) in [5.74, 6) is -0.866. The van der Waals surface area contributed by atoms with Crippen molar-refractivity contribution in [2.24, 2.45) is 5.41 Å². The lowest BCUT2D eigenvalue weighted by molar-refractivity contribution is 0.0319. The number of hydrogen-bond donors (Lipinski definition) is 0. The molecule has 0 atom stereocenters. The first-order valence-electron chi connectivity index (χ1n) is 8.15. The number of nitrogens with zero attached hydrogens (tertiary/aromatic N) is 1. The van der Waals surface area contributed by atoms with E-state index in [9.17, 15) is 17.2 Å². The van der Waals surface area contributed by atoms with Crippen molar-refractivity contribution in [1.29, 1.82) is 0 Å². The van der Waals surface area contributed by atoms with E-state index in [4.69, 9.17) is 4.74 Å². The van der Waals surface area contributed by atoms with Crippen molar-refractivity contribution in [2.45, 2.75) is 32.3 Å². The van der Waals surface area contributed by atoms with Gasteiger partial charge >= 0.3 is 0 Å². The van der Waals surface area contributed by atoms with Crippen LogP contribution in [-0.2, 0) is 9.84 Å². The Bertz CT molecular complexity index is 711. The monoisotopic (exact) mass is 359 g/mol. The average Bonchev–Trinajstić information content (AvgIpc) is 2.43. The van der Waals surface area contributed by atoms with Crippen LogP contribution in [0.1, 0.15) is 26.7 Å². The van der Waals surface area contributed by atoms with Crippen molar-refractivity contribution in [2.75, 3.05) is 31.1 Å². The first kappa shape index (κ1) is 17.6. The Balaban J connectivity index is 1.54. The Hall–Kier alpha value is -1.21. The van der Waals surface area contributed by atoms with Gasteiger partial charge in [-0.1, -0.05) is 0 Å². The van der Waals surface area contributed by atoms with Gasteiger partial charge < -0.3 is 4.74 Å². The summed E-state index contributed by atoms with van der Waals surface area (Å²) < 4.78 is 55.0. The Morgan fingerprint density at radius 3 is 2.33 bits per heavy atom. The van der Waals surface area contributed by atoms with E-state index in [1.165, 1.54) is 6.07 Å². The van der Waals surface area contributed by atoms with Crippen LogP contribution in [0.15, 0.2) is 18.2 Å². The highest BCUT2D eigenvalue weighted by molar-refractivity contribution is 7.92. The molecule has 4 nitrogen and oxygen atoms in total. The summed E-state index contributed by atoms with van der Waals surface area (Å²) in [5.41, 5.74) is -0.569. The molecule has 1 aromatic rings. The Kier molecular flexibility index (Phi) is 4.36. The van der Waals surface area contributed by atoms with E-state index < -0.39 is 27.1 Å². The number of hydrogen-bond acceptors (Lipinski definition) is 4. The van der Waals surface area contributed by atoms with Crippen molar-refractivity contribution < 1.29 is 21.9 Å². The second-order valence-electron chi connectivity index (χ2n) is 7.75. The van der Waals surface area contributed by atoms with Crippen LogP contribution in [0.5, 0.6) is 5.75 Å². The highest BCUT2D eigenvalue weighted by Gasteiger charge is 2.49. The predicted octanol–water partition coefficient (Wildman–Crippen LogP) is 2.63. The summed E-state index contributed by atoms with van der Waals surface area (Å²) in [6.07, 6.45) is 1.76. The number of ether oxygens (including phenoxy) is 1. The van der Waals surface area contributed by atoms with E-state index in [0.717, 1.165) is 38.1 Å². The third-order valence-electron chi connectivity index (χ3n) is 4.86. The third kappa shape index (κ3) is 3.88. The van der Waals surface area contributed by atoms with Crippen LogP contribution in [0.4, 0.5) is 8.78 Å². The average molecular weight is 359 g/mol. The minimum absolute atomic E-state index is 0.0135. The van der Waals surface area contributed by atoms with Crippen LogP contribution in [0, 0.1) is 17.0 Å². The number of sulfone groups is 1. The molecule has 7 heteroatoms. The molecule has 2 heterocycles. The molecule has 0 unspecified atom stereocenters. The van der Waals surface area contributed by atoms with Crippen LogP contribution < -0.4 is 4.74 Å². The van der Waals surface area contributed by atoms with E-state index in [0.29, 0.717) is 23.8 Å². The molecule has 0 bridgehead atoms. The van der Waals surface area contributed by atoms with E-state index in [-0.39, 0.29) is 5.41 Å². The molecule has 2 aliphatic heterocycles. The van der Waals surface area contributed by atoms with Gasteiger partial charge in [-0.3, -0.25) is 4.90 Å². The molecule has 0 amide bonds. The van der Waals surface area contributed by atoms with Gasteiger partial charge in [-0.25, -0.2) is 17.2 Å². The molecule has 0 radical (unpaired) electrons. The van der Waals surface area contributed by atoms with Gasteiger partial charge in [0.2, 0.25) is 0 Å². The second-order valence-corrected chi connectivity index (χ2v) is 9.81. The minimum Gasteiger partial charge on any atom is -0.486 e. The van der Waals surface area contributed by atoms with Crippen molar-refractivity contribution in [3.05, 3.63) is 29.8 Å². The van der Waals surface area contributed by atoms with Gasteiger partial charge in [0.15, 0.2) is 21.5 Å². The SMILES string of the molecule is CC(C)(CN1CCC2(CC1)CS(=O)(=O)C2)Oc1ccc(F)c(F)c1. The molecule has 1 aromatic carbocycles. The standard InChI is InChI=1S/C17H23F2NO3S/c1-16(2,23-13-3-4-14(18)15(19)9-13)10-20-7-5-17(6-8-20)11-24(21,22)12-17/h3-4,9H,5-8,10-12H2,1-2H3. The molecule has 2 aliphatic rings. The summed E-state index contributed by atoms with van der Waals surface area (Å²) in [7, 11) is -2.80. The van der Waals surface area contributed by atoms with Crippen molar-refractivity contribution in [3.63, 3.8) is 0 Å². The zero-order valence-corrected chi connectivity index (χ0v) is 14.8. The lowest BCUT2D eigenvalue weighted by atomic mass is 9.81. The third-order valence-corrected chi connectivity index (χ3v) is 6.96. The summed E-state index contributed by atoms with van der Waals surface area (Å²) in [6.45, 7) is 6.13. The summed E-state index contributed by atoms with van der Waals surface area (Å²) >= 11 is 0. The van der Waals surface area contributed by atoms with E-state index >= 15 is 0 Å². The van der Waals surface area contributed by atoms with E-state index in [1.54, 1.807) is 0 Å². The van der Waals surface area contributed by atoms with Gasteiger partial charge in [-0.15, -0.1) is 0 Å². The fourth-order valence-electron chi connectivity index (χ4n) is 3.80. The second kappa shape index (κ2) is 5.95. The number of rotatable bonds is 4. The first-order valence-corrected chi connectivity index (χ1v) is 9.97. The predicted molar refractivity (Wildman–Crippen MR) is 87.8 cm³/mol. The zero-order valence-electron chi connectivity index (χ0n) is 14.0. The molecular formula is C17H23F2NO3S. The highest BCUT2D eigenvalue weighted by Crippen LogP contribution is 2.42. The van der Waals surface area contributed by atoms with Crippen LogP contribution in [-0.4, -0.2) is 50.1 Å². The fourth-order valence-corrected chi connectivity index (χ4v) is 6.15. The van der Waals surface area contributed by atoms with Gasteiger partial charge in [0.25, 0.3) is 0 Å². The molecule has 0 N–H and O–H groups in total. The molecule has 24 heavy (non-hydrogen) atoms. The number of halogens is 2. The molecular weight excluding hydrogens is 336 g/mol. The van der Waals surface area contributed by atoms with Gasteiger partial charge in [0.1, 0.15) is 11.4 Å². The molecule has 134 valence electrons. The van der Waals surface area contributed by atoms with E-state index in [2.05, 4.69) is 4.90 Å². The van der Waals surface area contributed by atoms with Crippen LogP contribution in [0.2, 0.25) is 0 Å². The van der Waals surface area contributed by atoms with Crippen LogP contribution in [0.25, 0.3) is 0 Å². The smallest absolute Gasteiger partial charge is 0.162 e. The quantitative estimate of drug-likeness (QED) is 0.829. The van der Waals surface area contributed by atoms with Crippen molar-refractivity contribution >= 4 is 9.84 Å². The zero-order chi connectivity index (χ0) is 17.6. The normalized spacial score (nSPS) is 23.0. The summed E-state index contributed by atoms with van der Waals surface area (Å²) in [4.78, 5) is 2.25. The molecule has 2 fully saturated rings. The van der Waals surface area contributed by atoms with Gasteiger partial charge in [0.05, 0.1) is 11.5 Å². The van der Waals surface area contributed by atoms with Crippen LogP contribution >= 0.6 is 0 Å². The van der Waals surface area contributed by atoms with Gasteiger partial charge in [0, 0.05) is 18.0 Å². The number of benzene rings is 1. The largest absolute Gasteiger partial charge is 0.486 e. The maximum absolute atomic E-state index is 13.3. The number of piperidine rings is 1. The van der Waals surface area contributed by atoms with Crippen LogP contribution in [0.3, 0.4) is 0 Å². The molecule has 0 saturated carbocycles. The lowest BCUT2D eigenvalue weighted by Gasteiger charge is -2.48. The molecule has 3 rings (SSSR count). The minimum atomic E-state index is -2.80. The highest BCUT2D eigenvalue weighted by atomic mass is 32.2. The lowest BCUT2D eigenvalue weighted by Crippen LogP contribution is -2.56.